The average Bonchev–Trinajstić information content (AvgIpc) is 2.65. The number of carbonyl (C=O) groups is 1. The molecule has 1 unspecified atom stereocenters. The van der Waals surface area contributed by atoms with Crippen molar-refractivity contribution in [3.05, 3.63) is 16.1 Å². The highest BCUT2D eigenvalue weighted by atomic mass is 32.1. The van der Waals surface area contributed by atoms with Crippen molar-refractivity contribution >= 4 is 17.2 Å². The summed E-state index contributed by atoms with van der Waals surface area (Å²) in [7, 11) is 0. The smallest absolute Gasteiger partial charge is 0.273 e. The molecule has 5 heteroatoms. The topological polar surface area (TPSA) is 42.4 Å². The average molecular weight is 226 g/mol. The number of carbonyl (C=O) groups excluding carboxylic acids is 1. The van der Waals surface area contributed by atoms with Crippen molar-refractivity contribution in [2.75, 3.05) is 19.8 Å². The highest BCUT2D eigenvalue weighted by Crippen LogP contribution is 2.14. The van der Waals surface area contributed by atoms with Gasteiger partial charge >= 0.3 is 0 Å². The van der Waals surface area contributed by atoms with E-state index in [4.69, 9.17) is 4.74 Å². The number of ether oxygens (including phenoxy) is 1. The number of nitrogens with zero attached hydrogens (tertiary/aromatic N) is 2. The lowest BCUT2D eigenvalue weighted by Gasteiger charge is -2.32. The van der Waals surface area contributed by atoms with Crippen LogP contribution in [0.5, 0.6) is 0 Å². The molecular formula is C10H14N2O2S. The summed E-state index contributed by atoms with van der Waals surface area (Å²) in [5.74, 6) is 0.0233. The number of morpholine rings is 1. The minimum absolute atomic E-state index is 0.0233. The van der Waals surface area contributed by atoms with Gasteiger partial charge in [-0.3, -0.25) is 4.79 Å². The van der Waals surface area contributed by atoms with Crippen LogP contribution in [-0.4, -0.2) is 41.6 Å². The Labute approximate surface area is 92.9 Å². The van der Waals surface area contributed by atoms with Gasteiger partial charge in [-0.2, -0.15) is 0 Å². The first-order chi connectivity index (χ1) is 7.18. The van der Waals surface area contributed by atoms with Crippen molar-refractivity contribution in [2.24, 2.45) is 0 Å². The molecule has 2 rings (SSSR count). The van der Waals surface area contributed by atoms with Crippen molar-refractivity contribution in [3.8, 4) is 0 Å². The van der Waals surface area contributed by atoms with Crippen LogP contribution in [0.3, 0.4) is 0 Å². The van der Waals surface area contributed by atoms with E-state index in [2.05, 4.69) is 4.98 Å². The first-order valence-electron chi connectivity index (χ1n) is 4.99. The van der Waals surface area contributed by atoms with Crippen molar-refractivity contribution in [1.29, 1.82) is 0 Å². The quantitative estimate of drug-likeness (QED) is 0.725. The lowest BCUT2D eigenvalue weighted by molar-refractivity contribution is 0.00331. The van der Waals surface area contributed by atoms with Gasteiger partial charge in [-0.25, -0.2) is 4.98 Å². The molecule has 1 aliphatic rings. The van der Waals surface area contributed by atoms with Crippen LogP contribution in [0.25, 0.3) is 0 Å². The van der Waals surface area contributed by atoms with Gasteiger partial charge in [0.05, 0.1) is 24.3 Å². The molecule has 4 nitrogen and oxygen atoms in total. The first-order valence-corrected chi connectivity index (χ1v) is 5.87. The van der Waals surface area contributed by atoms with Gasteiger partial charge in [0, 0.05) is 11.9 Å². The molecule has 1 aromatic rings. The van der Waals surface area contributed by atoms with Crippen LogP contribution in [0.15, 0.2) is 5.38 Å². The first kappa shape index (κ1) is 10.6. The van der Waals surface area contributed by atoms with E-state index in [1.54, 1.807) is 0 Å². The van der Waals surface area contributed by atoms with Crippen LogP contribution in [0.2, 0.25) is 0 Å². The van der Waals surface area contributed by atoms with E-state index >= 15 is 0 Å². The molecule has 0 spiro atoms. The van der Waals surface area contributed by atoms with E-state index in [1.165, 1.54) is 11.3 Å². The Morgan fingerprint density at radius 3 is 3.13 bits per heavy atom. The fourth-order valence-corrected chi connectivity index (χ4v) is 2.22. The van der Waals surface area contributed by atoms with Crippen LogP contribution in [0.4, 0.5) is 0 Å². The molecule has 1 amide bonds. The zero-order chi connectivity index (χ0) is 10.8. The molecule has 0 saturated carbocycles. The zero-order valence-corrected chi connectivity index (χ0v) is 9.71. The monoisotopic (exact) mass is 226 g/mol. The summed E-state index contributed by atoms with van der Waals surface area (Å²) < 4.78 is 5.29. The number of thiazole rings is 1. The standard InChI is InChI=1S/C10H14N2O2S/c1-7-5-14-4-3-12(7)10(13)9-6-15-8(2)11-9/h6-7H,3-5H2,1-2H3. The van der Waals surface area contributed by atoms with Gasteiger partial charge in [0.2, 0.25) is 0 Å². The molecule has 82 valence electrons. The summed E-state index contributed by atoms with van der Waals surface area (Å²) in [5, 5.41) is 2.75. The minimum Gasteiger partial charge on any atom is -0.377 e. The van der Waals surface area contributed by atoms with Crippen molar-refractivity contribution in [1.82, 2.24) is 9.88 Å². The number of aromatic nitrogens is 1. The molecule has 15 heavy (non-hydrogen) atoms. The Kier molecular flexibility index (Phi) is 3.02. The fourth-order valence-electron chi connectivity index (χ4n) is 1.64. The van der Waals surface area contributed by atoms with Gasteiger partial charge in [0.15, 0.2) is 0 Å². The number of rotatable bonds is 1. The van der Waals surface area contributed by atoms with E-state index in [-0.39, 0.29) is 11.9 Å². The maximum absolute atomic E-state index is 12.0. The van der Waals surface area contributed by atoms with Gasteiger partial charge < -0.3 is 9.64 Å². The fraction of sp³-hybridized carbons (Fsp3) is 0.600. The Bertz CT molecular complexity index is 364. The number of aryl methyl sites for hydroxylation is 1. The minimum atomic E-state index is 0.0233. The van der Waals surface area contributed by atoms with Gasteiger partial charge in [-0.05, 0) is 13.8 Å². The van der Waals surface area contributed by atoms with E-state index in [9.17, 15) is 4.79 Å². The SMILES string of the molecule is Cc1nc(C(=O)N2CCOCC2C)cs1. The molecule has 2 heterocycles. The maximum Gasteiger partial charge on any atom is 0.273 e. The van der Waals surface area contributed by atoms with Gasteiger partial charge in [0.25, 0.3) is 5.91 Å². The van der Waals surface area contributed by atoms with Crippen molar-refractivity contribution in [2.45, 2.75) is 19.9 Å². The van der Waals surface area contributed by atoms with E-state index in [0.717, 1.165) is 5.01 Å². The van der Waals surface area contributed by atoms with Gasteiger partial charge in [-0.15, -0.1) is 11.3 Å². The molecule has 0 aliphatic carbocycles. The Morgan fingerprint density at radius 2 is 2.53 bits per heavy atom. The van der Waals surface area contributed by atoms with Crippen LogP contribution < -0.4 is 0 Å². The number of hydrogen-bond donors (Lipinski definition) is 0. The lowest BCUT2D eigenvalue weighted by Crippen LogP contribution is -2.47. The molecule has 1 saturated heterocycles. The van der Waals surface area contributed by atoms with E-state index < -0.39 is 0 Å². The summed E-state index contributed by atoms with van der Waals surface area (Å²) in [5.41, 5.74) is 0.561. The van der Waals surface area contributed by atoms with E-state index in [1.807, 2.05) is 24.1 Å². The summed E-state index contributed by atoms with van der Waals surface area (Å²) in [4.78, 5) is 18.1. The lowest BCUT2D eigenvalue weighted by atomic mass is 10.2. The highest BCUT2D eigenvalue weighted by molar-refractivity contribution is 7.09. The molecule has 1 aliphatic heterocycles. The zero-order valence-electron chi connectivity index (χ0n) is 8.90. The van der Waals surface area contributed by atoms with Crippen LogP contribution in [-0.2, 0) is 4.74 Å². The third-order valence-corrected chi connectivity index (χ3v) is 3.24. The van der Waals surface area contributed by atoms with Crippen molar-refractivity contribution < 1.29 is 9.53 Å². The van der Waals surface area contributed by atoms with Gasteiger partial charge in [0.1, 0.15) is 5.69 Å². The highest BCUT2D eigenvalue weighted by Gasteiger charge is 2.25. The maximum atomic E-state index is 12.0. The third kappa shape index (κ3) is 2.18. The second-order valence-electron chi connectivity index (χ2n) is 3.67. The summed E-state index contributed by atoms with van der Waals surface area (Å²) in [6.07, 6.45) is 0. The molecular weight excluding hydrogens is 212 g/mol. The van der Waals surface area contributed by atoms with E-state index in [0.29, 0.717) is 25.5 Å². The number of amides is 1. The molecule has 0 aromatic carbocycles. The molecule has 0 radical (unpaired) electrons. The molecule has 0 bridgehead atoms. The van der Waals surface area contributed by atoms with Crippen LogP contribution in [0.1, 0.15) is 22.4 Å². The largest absolute Gasteiger partial charge is 0.377 e. The van der Waals surface area contributed by atoms with Crippen LogP contribution >= 0.6 is 11.3 Å². The van der Waals surface area contributed by atoms with Crippen molar-refractivity contribution in [3.63, 3.8) is 0 Å². The predicted octanol–water partition coefficient (Wildman–Crippen LogP) is 1.31. The normalized spacial score (nSPS) is 21.7. The second kappa shape index (κ2) is 4.28. The predicted molar refractivity (Wildman–Crippen MR) is 58.2 cm³/mol. The molecule has 1 atom stereocenters. The Hall–Kier alpha value is -0.940. The Balaban J connectivity index is 2.13. The van der Waals surface area contributed by atoms with Gasteiger partial charge in [-0.1, -0.05) is 0 Å². The second-order valence-corrected chi connectivity index (χ2v) is 4.74. The third-order valence-electron chi connectivity index (χ3n) is 2.47. The number of hydrogen-bond acceptors (Lipinski definition) is 4. The molecule has 1 aromatic heterocycles. The summed E-state index contributed by atoms with van der Waals surface area (Å²) in [6.45, 7) is 5.81. The molecule has 0 N–H and O–H groups in total. The van der Waals surface area contributed by atoms with Crippen LogP contribution in [0, 0.1) is 6.92 Å². The summed E-state index contributed by atoms with van der Waals surface area (Å²) in [6, 6.07) is 0.147. The summed E-state index contributed by atoms with van der Waals surface area (Å²) >= 11 is 1.51. The molecule has 1 fully saturated rings. The Morgan fingerprint density at radius 1 is 1.73 bits per heavy atom.